The predicted molar refractivity (Wildman–Crippen MR) is 141 cm³/mol. The van der Waals surface area contributed by atoms with Crippen LogP contribution in [-0.4, -0.2) is 14.1 Å². The zero-order valence-electron chi connectivity index (χ0n) is 18.2. The molecule has 0 saturated carbocycles. The van der Waals surface area contributed by atoms with Crippen LogP contribution in [0.2, 0.25) is 5.02 Å². The number of hydrogen-bond donors (Lipinski definition) is 0. The van der Waals surface area contributed by atoms with Crippen LogP contribution in [0.3, 0.4) is 0 Å². The Kier molecular flexibility index (Phi) is 6.78. The van der Waals surface area contributed by atoms with Crippen LogP contribution in [0, 0.1) is 3.95 Å². The number of hydrogen-bond acceptors (Lipinski definition) is 5. The first-order chi connectivity index (χ1) is 17.2. The topological polar surface area (TPSA) is 39.8 Å². The molecule has 0 aliphatic carbocycles. The van der Waals surface area contributed by atoms with Crippen molar-refractivity contribution in [1.29, 1.82) is 0 Å². The standard InChI is InChI=1S/C25H15ClF3N3OS3/c26-17-11-9-15(10-12-17)14-35-23-30-21-20(22(33)32(23)18-6-2-1-3-7-18)36-24(34)31(21)19-8-4-5-16(13-19)25(27,28)29/h1-13H,14H2. The molecule has 11 heteroatoms. The molecule has 0 unspecified atom stereocenters. The molecule has 2 heterocycles. The van der Waals surface area contributed by atoms with Gasteiger partial charge in [-0.15, -0.1) is 0 Å². The Hall–Kier alpha value is -2.92. The number of fused-ring (bicyclic) bond motifs is 1. The first kappa shape index (κ1) is 24.8. The van der Waals surface area contributed by atoms with Crippen LogP contribution >= 0.6 is 46.9 Å². The van der Waals surface area contributed by atoms with Gasteiger partial charge < -0.3 is 0 Å². The average Bonchev–Trinajstić information content (AvgIpc) is 3.20. The molecule has 0 aliphatic rings. The molecule has 0 radical (unpaired) electrons. The van der Waals surface area contributed by atoms with Gasteiger partial charge in [0.25, 0.3) is 5.56 Å². The fourth-order valence-electron chi connectivity index (χ4n) is 3.61. The second kappa shape index (κ2) is 9.85. The van der Waals surface area contributed by atoms with Crippen molar-refractivity contribution in [3.63, 3.8) is 0 Å². The van der Waals surface area contributed by atoms with Crippen molar-refractivity contribution in [2.75, 3.05) is 0 Å². The van der Waals surface area contributed by atoms with Crippen molar-refractivity contribution in [3.05, 3.63) is 109 Å². The molecule has 2 aromatic heterocycles. The Morgan fingerprint density at radius 2 is 1.64 bits per heavy atom. The molecular weight excluding hydrogens is 547 g/mol. The minimum Gasteiger partial charge on any atom is -0.275 e. The van der Waals surface area contributed by atoms with E-state index < -0.39 is 11.7 Å². The Balaban J connectivity index is 1.71. The van der Waals surface area contributed by atoms with Gasteiger partial charge in [-0.3, -0.25) is 13.9 Å². The molecule has 0 atom stereocenters. The molecule has 0 N–H and O–H groups in total. The van der Waals surface area contributed by atoms with E-state index in [0.29, 0.717) is 21.6 Å². The van der Waals surface area contributed by atoms with Gasteiger partial charge in [-0.25, -0.2) is 4.98 Å². The lowest BCUT2D eigenvalue weighted by Crippen LogP contribution is -2.21. The summed E-state index contributed by atoms with van der Waals surface area (Å²) in [5.74, 6) is 0.496. The third kappa shape index (κ3) is 4.86. The largest absolute Gasteiger partial charge is 0.416 e. The molecule has 182 valence electrons. The third-order valence-corrected chi connectivity index (χ3v) is 7.92. The van der Waals surface area contributed by atoms with Crippen LogP contribution in [0.5, 0.6) is 0 Å². The van der Waals surface area contributed by atoms with E-state index in [0.717, 1.165) is 29.0 Å². The van der Waals surface area contributed by atoms with Crippen LogP contribution in [0.25, 0.3) is 21.7 Å². The summed E-state index contributed by atoms with van der Waals surface area (Å²) in [5, 5.41) is 1.00. The fourth-order valence-corrected chi connectivity index (χ4v) is 6.00. The molecule has 0 fully saturated rings. The summed E-state index contributed by atoms with van der Waals surface area (Å²) in [6.07, 6.45) is -4.52. The van der Waals surface area contributed by atoms with Crippen LogP contribution in [0.1, 0.15) is 11.1 Å². The molecule has 0 saturated heterocycles. The Bertz CT molecular complexity index is 1680. The van der Waals surface area contributed by atoms with Gasteiger partial charge in [-0.05, 0) is 60.2 Å². The molecule has 5 rings (SSSR count). The minimum atomic E-state index is -4.52. The number of alkyl halides is 3. The van der Waals surface area contributed by atoms with Crippen molar-refractivity contribution < 1.29 is 13.2 Å². The number of rotatable bonds is 5. The van der Waals surface area contributed by atoms with Gasteiger partial charge in [-0.1, -0.05) is 71.1 Å². The third-order valence-electron chi connectivity index (χ3n) is 5.30. The molecule has 36 heavy (non-hydrogen) atoms. The second-order valence-corrected chi connectivity index (χ2v) is 10.7. The van der Waals surface area contributed by atoms with Crippen LogP contribution in [-0.2, 0) is 11.9 Å². The lowest BCUT2D eigenvalue weighted by molar-refractivity contribution is -0.137. The first-order valence-corrected chi connectivity index (χ1v) is 13.1. The highest BCUT2D eigenvalue weighted by Crippen LogP contribution is 2.33. The normalized spacial score (nSPS) is 11.8. The molecular formula is C25H15ClF3N3OS3. The van der Waals surface area contributed by atoms with Gasteiger partial charge in [0.15, 0.2) is 14.8 Å². The summed E-state index contributed by atoms with van der Waals surface area (Å²) in [4.78, 5) is 18.5. The van der Waals surface area contributed by atoms with Crippen LogP contribution in [0.4, 0.5) is 13.2 Å². The van der Waals surface area contributed by atoms with Crippen LogP contribution < -0.4 is 5.56 Å². The highest BCUT2D eigenvalue weighted by molar-refractivity contribution is 7.98. The maximum atomic E-state index is 13.7. The SMILES string of the molecule is O=c1c2sc(=S)n(-c3cccc(C(F)(F)F)c3)c2nc(SCc2ccc(Cl)cc2)n1-c1ccccc1. The highest BCUT2D eigenvalue weighted by atomic mass is 35.5. The monoisotopic (exact) mass is 561 g/mol. The zero-order chi connectivity index (χ0) is 25.4. The van der Waals surface area contributed by atoms with E-state index in [1.165, 1.54) is 33.0 Å². The number of nitrogens with zero attached hydrogens (tertiary/aromatic N) is 3. The fraction of sp³-hybridized carbons (Fsp3) is 0.0800. The number of benzene rings is 3. The van der Waals surface area contributed by atoms with E-state index in [1.54, 1.807) is 24.3 Å². The summed E-state index contributed by atoms with van der Waals surface area (Å²) >= 11 is 13.8. The Labute approximate surface area is 221 Å². The molecule has 5 aromatic rings. The highest BCUT2D eigenvalue weighted by Gasteiger charge is 2.31. The Morgan fingerprint density at radius 1 is 0.944 bits per heavy atom. The smallest absolute Gasteiger partial charge is 0.275 e. The molecule has 0 bridgehead atoms. The van der Waals surface area contributed by atoms with Crippen molar-refractivity contribution in [3.8, 4) is 11.4 Å². The number of aromatic nitrogens is 3. The van der Waals surface area contributed by atoms with Gasteiger partial charge in [-0.2, -0.15) is 13.2 Å². The molecule has 4 nitrogen and oxygen atoms in total. The van der Waals surface area contributed by atoms with Crippen molar-refractivity contribution in [1.82, 2.24) is 14.1 Å². The lowest BCUT2D eigenvalue weighted by atomic mass is 10.2. The average molecular weight is 562 g/mol. The summed E-state index contributed by atoms with van der Waals surface area (Å²) in [6.45, 7) is 0. The predicted octanol–water partition coefficient (Wildman–Crippen LogP) is 7.93. The number of thiazole rings is 1. The van der Waals surface area contributed by atoms with E-state index in [9.17, 15) is 18.0 Å². The van der Waals surface area contributed by atoms with Gasteiger partial charge in [0.05, 0.1) is 11.3 Å². The quantitative estimate of drug-likeness (QED) is 0.124. The second-order valence-electron chi connectivity index (χ2n) is 7.69. The van der Waals surface area contributed by atoms with E-state index >= 15 is 0 Å². The number of para-hydroxylation sites is 1. The summed E-state index contributed by atoms with van der Waals surface area (Å²) in [5.41, 5.74) is 0.862. The molecule has 3 aromatic carbocycles. The maximum Gasteiger partial charge on any atom is 0.416 e. The van der Waals surface area contributed by atoms with E-state index in [-0.39, 0.29) is 25.5 Å². The summed E-state index contributed by atoms with van der Waals surface area (Å²) < 4.78 is 43.5. The van der Waals surface area contributed by atoms with E-state index in [2.05, 4.69) is 0 Å². The first-order valence-electron chi connectivity index (χ1n) is 10.5. The van der Waals surface area contributed by atoms with Crippen LogP contribution in [0.15, 0.2) is 88.8 Å². The van der Waals surface area contributed by atoms with E-state index in [1.807, 2.05) is 30.3 Å². The van der Waals surface area contributed by atoms with Crippen molar-refractivity contribution >= 4 is 57.3 Å². The van der Waals surface area contributed by atoms with Crippen molar-refractivity contribution in [2.45, 2.75) is 17.1 Å². The minimum absolute atomic E-state index is 0.194. The van der Waals surface area contributed by atoms with Gasteiger partial charge in [0.2, 0.25) is 0 Å². The van der Waals surface area contributed by atoms with Gasteiger partial charge in [0, 0.05) is 16.5 Å². The van der Waals surface area contributed by atoms with Crippen molar-refractivity contribution in [2.24, 2.45) is 0 Å². The van der Waals surface area contributed by atoms with Gasteiger partial charge >= 0.3 is 6.18 Å². The summed E-state index contributed by atoms with van der Waals surface area (Å²) in [7, 11) is 0. The number of halogens is 4. The maximum absolute atomic E-state index is 13.7. The zero-order valence-corrected chi connectivity index (χ0v) is 21.4. The molecule has 0 amide bonds. The lowest BCUT2D eigenvalue weighted by Gasteiger charge is -2.13. The Morgan fingerprint density at radius 3 is 2.33 bits per heavy atom. The number of thioether (sulfide) groups is 1. The summed E-state index contributed by atoms with van der Waals surface area (Å²) in [6, 6.07) is 21.2. The van der Waals surface area contributed by atoms with Gasteiger partial charge in [0.1, 0.15) is 4.70 Å². The van der Waals surface area contributed by atoms with E-state index in [4.69, 9.17) is 28.8 Å². The molecule has 0 aliphatic heterocycles. The molecule has 0 spiro atoms.